The lowest BCUT2D eigenvalue weighted by Crippen LogP contribution is -2.00. The molecule has 0 aliphatic rings. The minimum atomic E-state index is -1.08. The molecule has 0 aliphatic heterocycles. The first-order valence-corrected chi connectivity index (χ1v) is 5.70. The number of hydrogen-bond acceptors (Lipinski definition) is 5. The SMILES string of the molecule is CNc1nc(Oc2cccc(F)c2F)c2cn[nH]c2n1. The maximum atomic E-state index is 13.6. The van der Waals surface area contributed by atoms with Crippen LogP contribution < -0.4 is 10.1 Å². The minimum absolute atomic E-state index is 0.0811. The topological polar surface area (TPSA) is 75.7 Å². The summed E-state index contributed by atoms with van der Waals surface area (Å²) in [6.07, 6.45) is 1.45. The third-order valence-electron chi connectivity index (χ3n) is 2.62. The van der Waals surface area contributed by atoms with E-state index in [0.717, 1.165) is 6.07 Å². The van der Waals surface area contributed by atoms with Gasteiger partial charge < -0.3 is 10.1 Å². The molecule has 6 nitrogen and oxygen atoms in total. The van der Waals surface area contributed by atoms with Crippen molar-refractivity contribution < 1.29 is 13.5 Å². The van der Waals surface area contributed by atoms with E-state index < -0.39 is 11.6 Å². The molecule has 20 heavy (non-hydrogen) atoms. The maximum Gasteiger partial charge on any atom is 0.235 e. The second-order valence-electron chi connectivity index (χ2n) is 3.89. The second kappa shape index (κ2) is 4.72. The molecule has 0 saturated heterocycles. The third-order valence-corrected chi connectivity index (χ3v) is 2.62. The first-order chi connectivity index (χ1) is 9.69. The van der Waals surface area contributed by atoms with Gasteiger partial charge in [-0.3, -0.25) is 5.10 Å². The zero-order valence-corrected chi connectivity index (χ0v) is 10.3. The summed E-state index contributed by atoms with van der Waals surface area (Å²) < 4.78 is 32.1. The lowest BCUT2D eigenvalue weighted by atomic mass is 10.3. The fourth-order valence-electron chi connectivity index (χ4n) is 1.66. The van der Waals surface area contributed by atoms with Crippen LogP contribution in [0, 0.1) is 11.6 Å². The molecule has 0 aliphatic carbocycles. The Kier molecular flexibility index (Phi) is 2.90. The highest BCUT2D eigenvalue weighted by molar-refractivity contribution is 5.80. The zero-order chi connectivity index (χ0) is 14.1. The van der Waals surface area contributed by atoms with Crippen LogP contribution >= 0.6 is 0 Å². The molecule has 0 radical (unpaired) electrons. The minimum Gasteiger partial charge on any atom is -0.435 e. The molecular weight excluding hydrogens is 268 g/mol. The number of fused-ring (bicyclic) bond motifs is 1. The van der Waals surface area contributed by atoms with E-state index in [1.807, 2.05) is 0 Å². The number of H-pyrrole nitrogens is 1. The fourth-order valence-corrected chi connectivity index (χ4v) is 1.66. The molecular formula is C12H9F2N5O. The molecule has 0 unspecified atom stereocenters. The molecule has 2 N–H and O–H groups in total. The summed E-state index contributed by atoms with van der Waals surface area (Å²) >= 11 is 0. The van der Waals surface area contributed by atoms with Crippen molar-refractivity contribution >= 4 is 17.0 Å². The Morgan fingerprint density at radius 2 is 2.10 bits per heavy atom. The number of aromatic nitrogens is 4. The number of nitrogens with zero attached hydrogens (tertiary/aromatic N) is 3. The summed E-state index contributed by atoms with van der Waals surface area (Å²) in [5.41, 5.74) is 0.427. The van der Waals surface area contributed by atoms with Gasteiger partial charge >= 0.3 is 0 Å². The van der Waals surface area contributed by atoms with Crippen molar-refractivity contribution in [1.29, 1.82) is 0 Å². The molecule has 1 aromatic carbocycles. The smallest absolute Gasteiger partial charge is 0.235 e. The molecule has 2 aromatic heterocycles. The summed E-state index contributed by atoms with van der Waals surface area (Å²) in [6.45, 7) is 0. The number of benzene rings is 1. The summed E-state index contributed by atoms with van der Waals surface area (Å²) in [5, 5.41) is 9.68. The van der Waals surface area contributed by atoms with Gasteiger partial charge in [-0.25, -0.2) is 4.39 Å². The van der Waals surface area contributed by atoms with Crippen molar-refractivity contribution in [2.75, 3.05) is 12.4 Å². The van der Waals surface area contributed by atoms with Gasteiger partial charge in [0.1, 0.15) is 5.39 Å². The average molecular weight is 277 g/mol. The van der Waals surface area contributed by atoms with Gasteiger partial charge in [-0.15, -0.1) is 0 Å². The predicted molar refractivity (Wildman–Crippen MR) is 67.7 cm³/mol. The van der Waals surface area contributed by atoms with Crippen LogP contribution in [0.15, 0.2) is 24.4 Å². The van der Waals surface area contributed by atoms with Gasteiger partial charge in [-0.1, -0.05) is 6.07 Å². The number of halogens is 2. The van der Waals surface area contributed by atoms with E-state index >= 15 is 0 Å². The molecule has 0 bridgehead atoms. The van der Waals surface area contributed by atoms with Crippen molar-refractivity contribution in [3.8, 4) is 11.6 Å². The molecule has 0 spiro atoms. The molecule has 0 atom stereocenters. The molecule has 3 rings (SSSR count). The Labute approximate surface area is 111 Å². The van der Waals surface area contributed by atoms with Crippen LogP contribution in [-0.4, -0.2) is 27.2 Å². The van der Waals surface area contributed by atoms with Gasteiger partial charge in [-0.2, -0.15) is 19.5 Å². The molecule has 8 heteroatoms. The summed E-state index contributed by atoms with van der Waals surface area (Å²) in [7, 11) is 1.63. The van der Waals surface area contributed by atoms with E-state index in [4.69, 9.17) is 4.74 Å². The van der Waals surface area contributed by atoms with Crippen LogP contribution in [0.2, 0.25) is 0 Å². The van der Waals surface area contributed by atoms with Crippen LogP contribution in [0.1, 0.15) is 0 Å². The molecule has 2 heterocycles. The van der Waals surface area contributed by atoms with E-state index in [-0.39, 0.29) is 17.6 Å². The van der Waals surface area contributed by atoms with Crippen molar-refractivity contribution in [2.45, 2.75) is 0 Å². The van der Waals surface area contributed by atoms with Crippen LogP contribution in [-0.2, 0) is 0 Å². The van der Waals surface area contributed by atoms with Crippen molar-refractivity contribution in [2.24, 2.45) is 0 Å². The highest BCUT2D eigenvalue weighted by Crippen LogP contribution is 2.29. The van der Waals surface area contributed by atoms with Crippen molar-refractivity contribution in [3.63, 3.8) is 0 Å². The van der Waals surface area contributed by atoms with Gasteiger partial charge in [0.25, 0.3) is 0 Å². The van der Waals surface area contributed by atoms with Crippen molar-refractivity contribution in [1.82, 2.24) is 20.2 Å². The van der Waals surface area contributed by atoms with Crippen molar-refractivity contribution in [3.05, 3.63) is 36.0 Å². The second-order valence-corrected chi connectivity index (χ2v) is 3.89. The van der Waals surface area contributed by atoms with Gasteiger partial charge in [-0.05, 0) is 12.1 Å². The maximum absolute atomic E-state index is 13.6. The first-order valence-electron chi connectivity index (χ1n) is 5.70. The Morgan fingerprint density at radius 1 is 1.25 bits per heavy atom. The van der Waals surface area contributed by atoms with E-state index in [1.54, 1.807) is 7.05 Å². The van der Waals surface area contributed by atoms with Crippen LogP contribution in [0.5, 0.6) is 11.6 Å². The Morgan fingerprint density at radius 3 is 2.90 bits per heavy atom. The highest BCUT2D eigenvalue weighted by atomic mass is 19.2. The quantitative estimate of drug-likeness (QED) is 0.769. The molecule has 3 aromatic rings. The van der Waals surface area contributed by atoms with E-state index in [9.17, 15) is 8.78 Å². The number of anilines is 1. The number of ether oxygens (including phenoxy) is 1. The number of aromatic amines is 1. The number of nitrogens with one attached hydrogen (secondary N) is 2. The molecule has 0 saturated carbocycles. The Hall–Kier alpha value is -2.77. The van der Waals surface area contributed by atoms with Gasteiger partial charge in [0.2, 0.25) is 17.6 Å². The Balaban J connectivity index is 2.10. The molecule has 0 fully saturated rings. The third kappa shape index (κ3) is 2.00. The standard InChI is InChI=1S/C12H9F2N5O/c1-15-12-17-10-6(5-16-19-10)11(18-12)20-8-4-2-3-7(13)9(8)14/h2-5H,1H3,(H2,15,16,17,18,19). The normalized spacial score (nSPS) is 10.8. The number of rotatable bonds is 3. The lowest BCUT2D eigenvalue weighted by molar-refractivity contribution is 0.409. The lowest BCUT2D eigenvalue weighted by Gasteiger charge is -2.08. The monoisotopic (exact) mass is 277 g/mol. The summed E-state index contributed by atoms with van der Waals surface area (Å²) in [6, 6.07) is 3.67. The van der Waals surface area contributed by atoms with Crippen LogP contribution in [0.4, 0.5) is 14.7 Å². The average Bonchev–Trinajstić information content (AvgIpc) is 2.92. The highest BCUT2D eigenvalue weighted by Gasteiger charge is 2.15. The summed E-state index contributed by atoms with van der Waals surface area (Å²) in [5.74, 6) is -1.97. The van der Waals surface area contributed by atoms with E-state index in [0.29, 0.717) is 11.0 Å². The van der Waals surface area contributed by atoms with E-state index in [1.165, 1.54) is 18.3 Å². The van der Waals surface area contributed by atoms with Crippen LogP contribution in [0.3, 0.4) is 0 Å². The zero-order valence-electron chi connectivity index (χ0n) is 10.3. The Bertz CT molecular complexity index is 774. The predicted octanol–water partition coefficient (Wildman–Crippen LogP) is 2.47. The fraction of sp³-hybridized carbons (Fsp3) is 0.0833. The van der Waals surface area contributed by atoms with Gasteiger partial charge in [0.15, 0.2) is 17.2 Å². The van der Waals surface area contributed by atoms with E-state index in [2.05, 4.69) is 25.5 Å². The first kappa shape index (κ1) is 12.3. The van der Waals surface area contributed by atoms with Gasteiger partial charge in [0, 0.05) is 7.05 Å². The molecule has 102 valence electrons. The van der Waals surface area contributed by atoms with Gasteiger partial charge in [0.05, 0.1) is 6.20 Å². The summed E-state index contributed by atoms with van der Waals surface area (Å²) in [4.78, 5) is 8.17. The largest absolute Gasteiger partial charge is 0.435 e. The molecule has 0 amide bonds. The van der Waals surface area contributed by atoms with Crippen LogP contribution in [0.25, 0.3) is 11.0 Å². The number of hydrogen-bond donors (Lipinski definition) is 2.